The van der Waals surface area contributed by atoms with Crippen molar-refractivity contribution in [3.63, 3.8) is 0 Å². The molecule has 6 nitrogen and oxygen atoms in total. The van der Waals surface area contributed by atoms with E-state index in [1.165, 1.54) is 28.6 Å². The summed E-state index contributed by atoms with van der Waals surface area (Å²) in [7, 11) is 0. The van der Waals surface area contributed by atoms with Gasteiger partial charge in [-0.1, -0.05) is 18.2 Å². The van der Waals surface area contributed by atoms with Crippen molar-refractivity contribution in [2.75, 3.05) is 39.4 Å². The van der Waals surface area contributed by atoms with E-state index in [1.54, 1.807) is 0 Å². The molecule has 0 saturated carbocycles. The minimum Gasteiger partial charge on any atom is -0.379 e. The lowest BCUT2D eigenvalue weighted by atomic mass is 9.82. The van der Waals surface area contributed by atoms with Gasteiger partial charge in [-0.25, -0.2) is 0 Å². The Labute approximate surface area is 182 Å². The summed E-state index contributed by atoms with van der Waals surface area (Å²) in [6, 6.07) is 13.2. The Morgan fingerprint density at radius 3 is 2.77 bits per heavy atom. The van der Waals surface area contributed by atoms with E-state index in [0.29, 0.717) is 11.8 Å². The summed E-state index contributed by atoms with van der Waals surface area (Å²) >= 11 is 0. The number of ether oxygens (including phenoxy) is 1. The van der Waals surface area contributed by atoms with E-state index in [0.717, 1.165) is 64.6 Å². The molecule has 1 N–H and O–H groups in total. The zero-order valence-electron chi connectivity index (χ0n) is 17.9. The molecule has 2 saturated heterocycles. The molecule has 6 heteroatoms. The standard InChI is InChI=1S/C25H30N4O2/c30-25-21(16-27-7-9-31-10-8-27)3-4-24-22-11-19(15-29(24)25)14-28(17-22)13-18-1-2-20-5-6-26-23(20)12-18/h1-6,12,19,22,26H,7-11,13-17H2/t19-,22+/m0/s1. The van der Waals surface area contributed by atoms with Crippen molar-refractivity contribution in [2.24, 2.45) is 5.92 Å². The van der Waals surface area contributed by atoms with Crippen molar-refractivity contribution >= 4 is 10.9 Å². The first-order chi connectivity index (χ1) is 15.2. The van der Waals surface area contributed by atoms with Crippen LogP contribution < -0.4 is 5.56 Å². The molecule has 0 amide bonds. The fraction of sp³-hybridized carbons (Fsp3) is 0.480. The van der Waals surface area contributed by atoms with Gasteiger partial charge < -0.3 is 14.3 Å². The number of H-pyrrole nitrogens is 1. The van der Waals surface area contributed by atoms with Crippen molar-refractivity contribution in [3.05, 3.63) is 69.8 Å². The molecule has 162 valence electrons. The molecule has 2 fully saturated rings. The number of aromatic amines is 1. The van der Waals surface area contributed by atoms with Crippen LogP contribution in [0.2, 0.25) is 0 Å². The Morgan fingerprint density at radius 1 is 0.968 bits per heavy atom. The summed E-state index contributed by atoms with van der Waals surface area (Å²) in [5.74, 6) is 1.00. The summed E-state index contributed by atoms with van der Waals surface area (Å²) in [5.41, 5.74) is 4.95. The van der Waals surface area contributed by atoms with Crippen molar-refractivity contribution in [1.29, 1.82) is 0 Å². The second kappa shape index (κ2) is 7.93. The summed E-state index contributed by atoms with van der Waals surface area (Å²) in [4.78, 5) is 21.5. The molecule has 0 spiro atoms. The minimum absolute atomic E-state index is 0.226. The average Bonchev–Trinajstić information content (AvgIpc) is 3.25. The number of likely N-dealkylation sites (tertiary alicyclic amines) is 1. The fourth-order valence-electron chi connectivity index (χ4n) is 5.79. The van der Waals surface area contributed by atoms with Crippen LogP contribution in [0.15, 0.2) is 47.4 Å². The van der Waals surface area contributed by atoms with E-state index in [1.807, 2.05) is 6.20 Å². The van der Waals surface area contributed by atoms with E-state index in [-0.39, 0.29) is 5.56 Å². The van der Waals surface area contributed by atoms with Gasteiger partial charge in [0.05, 0.1) is 13.2 Å². The van der Waals surface area contributed by atoms with Crippen molar-refractivity contribution in [2.45, 2.75) is 32.0 Å². The van der Waals surface area contributed by atoms with Crippen LogP contribution in [0.5, 0.6) is 0 Å². The maximum absolute atomic E-state index is 13.3. The van der Waals surface area contributed by atoms with Crippen LogP contribution in [0, 0.1) is 5.92 Å². The van der Waals surface area contributed by atoms with Crippen LogP contribution in [-0.2, 0) is 24.4 Å². The van der Waals surface area contributed by atoms with Gasteiger partial charge in [-0.15, -0.1) is 0 Å². The molecule has 1 aromatic carbocycles. The topological polar surface area (TPSA) is 53.5 Å². The summed E-state index contributed by atoms with van der Waals surface area (Å²) in [6.07, 6.45) is 3.20. The first-order valence-electron chi connectivity index (χ1n) is 11.5. The second-order valence-electron chi connectivity index (χ2n) is 9.48. The number of hydrogen-bond acceptors (Lipinski definition) is 4. The van der Waals surface area contributed by atoms with Crippen LogP contribution in [0.25, 0.3) is 10.9 Å². The largest absolute Gasteiger partial charge is 0.379 e. The highest BCUT2D eigenvalue weighted by atomic mass is 16.5. The second-order valence-corrected chi connectivity index (χ2v) is 9.48. The Morgan fingerprint density at radius 2 is 1.87 bits per heavy atom. The van der Waals surface area contributed by atoms with Gasteiger partial charge in [0, 0.05) is 74.7 Å². The molecular formula is C25H30N4O2. The predicted octanol–water partition coefficient (Wildman–Crippen LogP) is 2.78. The molecule has 3 aliphatic heterocycles. The van der Waals surface area contributed by atoms with Gasteiger partial charge in [0.15, 0.2) is 0 Å². The molecule has 2 aromatic heterocycles. The van der Waals surface area contributed by atoms with Gasteiger partial charge in [0.25, 0.3) is 5.56 Å². The first kappa shape index (κ1) is 19.3. The van der Waals surface area contributed by atoms with Gasteiger partial charge in [-0.2, -0.15) is 0 Å². The lowest BCUT2D eigenvalue weighted by Gasteiger charge is -2.43. The lowest BCUT2D eigenvalue weighted by Crippen LogP contribution is -2.47. The number of piperidine rings is 1. The minimum atomic E-state index is 0.226. The first-order valence-corrected chi connectivity index (χ1v) is 11.5. The highest BCUT2D eigenvalue weighted by Gasteiger charge is 2.35. The van der Waals surface area contributed by atoms with E-state index >= 15 is 0 Å². The zero-order chi connectivity index (χ0) is 20.8. The van der Waals surface area contributed by atoms with Gasteiger partial charge >= 0.3 is 0 Å². The van der Waals surface area contributed by atoms with Gasteiger partial charge in [0.1, 0.15) is 0 Å². The van der Waals surface area contributed by atoms with Gasteiger partial charge in [-0.05, 0) is 41.5 Å². The normalized spacial score (nSPS) is 24.4. The third kappa shape index (κ3) is 3.73. The lowest BCUT2D eigenvalue weighted by molar-refractivity contribution is 0.0338. The Kier molecular flexibility index (Phi) is 4.94. The predicted molar refractivity (Wildman–Crippen MR) is 121 cm³/mol. The number of benzene rings is 1. The molecule has 2 bridgehead atoms. The monoisotopic (exact) mass is 418 g/mol. The van der Waals surface area contributed by atoms with Crippen LogP contribution in [0.1, 0.15) is 29.2 Å². The number of nitrogens with one attached hydrogen (secondary N) is 1. The molecule has 0 aliphatic carbocycles. The molecule has 3 aliphatic rings. The summed E-state index contributed by atoms with van der Waals surface area (Å²) in [5, 5.41) is 1.26. The van der Waals surface area contributed by atoms with Gasteiger partial charge in [0.2, 0.25) is 0 Å². The molecule has 2 atom stereocenters. The number of rotatable bonds is 4. The third-order valence-corrected chi connectivity index (χ3v) is 7.28. The van der Waals surface area contributed by atoms with E-state index < -0.39 is 0 Å². The molecular weight excluding hydrogens is 388 g/mol. The number of pyridine rings is 1. The van der Waals surface area contributed by atoms with E-state index in [9.17, 15) is 4.79 Å². The zero-order valence-corrected chi connectivity index (χ0v) is 17.9. The average molecular weight is 419 g/mol. The summed E-state index contributed by atoms with van der Waals surface area (Å²) < 4.78 is 7.54. The maximum Gasteiger partial charge on any atom is 0.255 e. The van der Waals surface area contributed by atoms with E-state index in [2.05, 4.69) is 55.7 Å². The number of nitrogens with zero attached hydrogens (tertiary/aromatic N) is 3. The van der Waals surface area contributed by atoms with E-state index in [4.69, 9.17) is 4.74 Å². The molecule has 31 heavy (non-hydrogen) atoms. The molecule has 6 rings (SSSR count). The van der Waals surface area contributed by atoms with Crippen LogP contribution in [0.3, 0.4) is 0 Å². The molecule has 5 heterocycles. The number of morpholine rings is 1. The quantitative estimate of drug-likeness (QED) is 0.708. The van der Waals surface area contributed by atoms with Crippen molar-refractivity contribution in [3.8, 4) is 0 Å². The highest BCUT2D eigenvalue weighted by molar-refractivity contribution is 5.79. The van der Waals surface area contributed by atoms with Crippen LogP contribution in [0.4, 0.5) is 0 Å². The van der Waals surface area contributed by atoms with Crippen LogP contribution >= 0.6 is 0 Å². The Bertz CT molecular complexity index is 1140. The van der Waals surface area contributed by atoms with Gasteiger partial charge in [-0.3, -0.25) is 14.6 Å². The van der Waals surface area contributed by atoms with Crippen molar-refractivity contribution < 1.29 is 4.74 Å². The molecule has 3 aromatic rings. The Hall–Kier alpha value is -2.41. The smallest absolute Gasteiger partial charge is 0.255 e. The third-order valence-electron chi connectivity index (χ3n) is 7.28. The fourth-order valence-corrected chi connectivity index (χ4v) is 5.79. The SMILES string of the molecule is O=c1c(CN2CCOCC2)ccc2n1C[C@H]1C[C@@H]2CN(Cc2ccc3cc[nH]c3c2)C1. The number of aromatic nitrogens is 2. The highest BCUT2D eigenvalue weighted by Crippen LogP contribution is 2.36. The molecule has 0 unspecified atom stereocenters. The maximum atomic E-state index is 13.3. The van der Waals surface area contributed by atoms with Crippen LogP contribution in [-0.4, -0.2) is 58.7 Å². The molecule has 0 radical (unpaired) electrons. The Balaban J connectivity index is 1.20. The number of fused-ring (bicyclic) bond motifs is 5. The number of hydrogen-bond donors (Lipinski definition) is 1. The summed E-state index contributed by atoms with van der Waals surface area (Å²) in [6.45, 7) is 8.03. The van der Waals surface area contributed by atoms with Crippen molar-refractivity contribution in [1.82, 2.24) is 19.4 Å².